The van der Waals surface area contributed by atoms with Gasteiger partial charge in [0.1, 0.15) is 18.1 Å². The van der Waals surface area contributed by atoms with Crippen molar-refractivity contribution in [1.29, 1.82) is 0 Å². The number of nitrogens with one attached hydrogen (secondary N) is 2. The van der Waals surface area contributed by atoms with Crippen LogP contribution >= 0.6 is 0 Å². The second kappa shape index (κ2) is 13.6. The number of nitrogens with two attached hydrogens (primary N) is 2. The van der Waals surface area contributed by atoms with E-state index in [1.54, 1.807) is 24.3 Å². The highest BCUT2D eigenvalue weighted by molar-refractivity contribution is 5.94. The highest BCUT2D eigenvalue weighted by Gasteiger charge is 2.38. The predicted molar refractivity (Wildman–Crippen MR) is 124 cm³/mol. The van der Waals surface area contributed by atoms with Crippen molar-refractivity contribution >= 4 is 23.7 Å². The Bertz CT molecular complexity index is 836. The van der Waals surface area contributed by atoms with Crippen LogP contribution in [0.5, 0.6) is 0 Å². The van der Waals surface area contributed by atoms with Gasteiger partial charge in [-0.25, -0.2) is 4.79 Å². The minimum Gasteiger partial charge on any atom is -0.480 e. The van der Waals surface area contributed by atoms with Crippen LogP contribution in [0.25, 0.3) is 0 Å². The zero-order chi connectivity index (χ0) is 25.1. The number of carbonyl (C=O) groups excluding carboxylic acids is 3. The summed E-state index contributed by atoms with van der Waals surface area (Å²) in [5.74, 6) is -2.98. The van der Waals surface area contributed by atoms with Gasteiger partial charge in [-0.3, -0.25) is 14.4 Å². The van der Waals surface area contributed by atoms with Gasteiger partial charge in [-0.1, -0.05) is 36.8 Å². The molecule has 0 spiro atoms. The number of hydrogen-bond donors (Lipinski definition) is 6. The molecule has 1 aliphatic heterocycles. The molecule has 1 saturated heterocycles. The number of aliphatic hydroxyl groups excluding tert-OH is 1. The molecule has 4 atom stereocenters. The van der Waals surface area contributed by atoms with E-state index in [-0.39, 0.29) is 13.0 Å². The molecule has 3 amide bonds. The smallest absolute Gasteiger partial charge is 0.326 e. The molecule has 1 aromatic carbocycles. The number of benzene rings is 1. The van der Waals surface area contributed by atoms with Crippen LogP contribution in [0.2, 0.25) is 0 Å². The summed E-state index contributed by atoms with van der Waals surface area (Å²) in [7, 11) is 0. The molecule has 0 aliphatic carbocycles. The molecule has 8 N–H and O–H groups in total. The SMILES string of the molecule is NCCCCC(N)C(=O)NC(CO)C(=O)NC(Cc1ccccc1)C(=O)N1CCCC1C(=O)O. The van der Waals surface area contributed by atoms with Crippen molar-refractivity contribution < 1.29 is 29.4 Å². The molecule has 1 aromatic rings. The summed E-state index contributed by atoms with van der Waals surface area (Å²) < 4.78 is 0. The lowest BCUT2D eigenvalue weighted by Crippen LogP contribution is -2.58. The first kappa shape index (κ1) is 27.2. The second-order valence-corrected chi connectivity index (χ2v) is 8.41. The van der Waals surface area contributed by atoms with Gasteiger partial charge in [0, 0.05) is 13.0 Å². The largest absolute Gasteiger partial charge is 0.480 e. The second-order valence-electron chi connectivity index (χ2n) is 8.41. The molecule has 11 heteroatoms. The summed E-state index contributed by atoms with van der Waals surface area (Å²) >= 11 is 0. The average molecular weight is 478 g/mol. The zero-order valence-electron chi connectivity index (χ0n) is 19.2. The summed E-state index contributed by atoms with van der Waals surface area (Å²) in [6.45, 7) is 0.0577. The first-order chi connectivity index (χ1) is 16.3. The molecule has 1 heterocycles. The van der Waals surface area contributed by atoms with Crippen molar-refractivity contribution in [3.05, 3.63) is 35.9 Å². The number of aliphatic carboxylic acids is 1. The molecule has 11 nitrogen and oxygen atoms in total. The van der Waals surface area contributed by atoms with E-state index < -0.39 is 54.5 Å². The molecule has 4 unspecified atom stereocenters. The number of amides is 3. The van der Waals surface area contributed by atoms with Crippen LogP contribution in [0.3, 0.4) is 0 Å². The highest BCUT2D eigenvalue weighted by atomic mass is 16.4. The van der Waals surface area contributed by atoms with Gasteiger partial charge in [-0.2, -0.15) is 0 Å². The zero-order valence-corrected chi connectivity index (χ0v) is 19.2. The van der Waals surface area contributed by atoms with E-state index >= 15 is 0 Å². The third kappa shape index (κ3) is 7.79. The van der Waals surface area contributed by atoms with E-state index in [9.17, 15) is 29.4 Å². The van der Waals surface area contributed by atoms with Gasteiger partial charge >= 0.3 is 5.97 Å². The summed E-state index contributed by atoms with van der Waals surface area (Å²) in [5, 5.41) is 24.2. The van der Waals surface area contributed by atoms with Crippen molar-refractivity contribution in [2.75, 3.05) is 19.7 Å². The number of carboxylic acids is 1. The van der Waals surface area contributed by atoms with Crippen LogP contribution in [-0.2, 0) is 25.6 Å². The quantitative estimate of drug-likeness (QED) is 0.189. The Morgan fingerprint density at radius 3 is 2.35 bits per heavy atom. The number of aliphatic hydroxyl groups is 1. The van der Waals surface area contributed by atoms with Crippen LogP contribution in [0, 0.1) is 0 Å². The lowest BCUT2D eigenvalue weighted by Gasteiger charge is -2.28. The molecular weight excluding hydrogens is 442 g/mol. The molecule has 1 aliphatic rings. The molecule has 0 radical (unpaired) electrons. The van der Waals surface area contributed by atoms with Gasteiger partial charge in [0.2, 0.25) is 17.7 Å². The van der Waals surface area contributed by atoms with Gasteiger partial charge in [0.05, 0.1) is 12.6 Å². The fraction of sp³-hybridized carbons (Fsp3) is 0.565. The van der Waals surface area contributed by atoms with Gasteiger partial charge in [0.25, 0.3) is 0 Å². The number of carboxylic acid groups (broad SMARTS) is 1. The third-order valence-electron chi connectivity index (χ3n) is 5.84. The number of carbonyl (C=O) groups is 4. The molecule has 0 bridgehead atoms. The topological polar surface area (TPSA) is 188 Å². The van der Waals surface area contributed by atoms with Gasteiger partial charge in [-0.15, -0.1) is 0 Å². The molecular formula is C23H35N5O6. The standard InChI is InChI=1S/C23H35N5O6/c24-11-5-4-9-16(25)20(30)27-18(14-29)21(31)26-17(13-15-7-2-1-3-8-15)22(32)28-12-6-10-19(28)23(33)34/h1-3,7-8,16-19,29H,4-6,9-14,24-25H2,(H,26,31)(H,27,30)(H,33,34). The van der Waals surface area contributed by atoms with E-state index in [1.165, 1.54) is 4.90 Å². The molecule has 0 saturated carbocycles. The monoisotopic (exact) mass is 477 g/mol. The van der Waals surface area contributed by atoms with Crippen LogP contribution in [-0.4, -0.2) is 82.7 Å². The fourth-order valence-electron chi connectivity index (χ4n) is 3.92. The van der Waals surface area contributed by atoms with E-state index in [1.807, 2.05) is 6.07 Å². The minimum atomic E-state index is -1.31. The van der Waals surface area contributed by atoms with Crippen molar-refractivity contribution in [3.63, 3.8) is 0 Å². The Labute approximate surface area is 198 Å². The first-order valence-electron chi connectivity index (χ1n) is 11.5. The van der Waals surface area contributed by atoms with Crippen molar-refractivity contribution in [1.82, 2.24) is 15.5 Å². The Morgan fingerprint density at radius 1 is 1.06 bits per heavy atom. The normalized spacial score (nSPS) is 18.1. The maximum atomic E-state index is 13.3. The Morgan fingerprint density at radius 2 is 1.74 bits per heavy atom. The summed E-state index contributed by atoms with van der Waals surface area (Å²) in [4.78, 5) is 51.3. The predicted octanol–water partition coefficient (Wildman–Crippen LogP) is -1.28. The molecule has 188 valence electrons. The van der Waals surface area contributed by atoms with E-state index in [4.69, 9.17) is 11.5 Å². The first-order valence-corrected chi connectivity index (χ1v) is 11.5. The van der Waals surface area contributed by atoms with E-state index in [0.717, 1.165) is 5.56 Å². The van der Waals surface area contributed by atoms with Crippen LogP contribution in [0.1, 0.15) is 37.7 Å². The summed E-state index contributed by atoms with van der Waals surface area (Å²) in [5.41, 5.74) is 12.1. The van der Waals surface area contributed by atoms with Crippen LogP contribution < -0.4 is 22.1 Å². The summed E-state index contributed by atoms with van der Waals surface area (Å²) in [6, 6.07) is 4.77. The highest BCUT2D eigenvalue weighted by Crippen LogP contribution is 2.19. The minimum absolute atomic E-state index is 0.124. The number of nitrogens with zero attached hydrogens (tertiary/aromatic N) is 1. The summed E-state index contributed by atoms with van der Waals surface area (Å²) in [6.07, 6.45) is 2.75. The molecule has 0 aromatic heterocycles. The van der Waals surface area contributed by atoms with Crippen LogP contribution in [0.4, 0.5) is 0 Å². The van der Waals surface area contributed by atoms with Gasteiger partial charge < -0.3 is 37.2 Å². The number of likely N-dealkylation sites (tertiary alicyclic amines) is 1. The van der Waals surface area contributed by atoms with Crippen molar-refractivity contribution in [3.8, 4) is 0 Å². The van der Waals surface area contributed by atoms with E-state index in [0.29, 0.717) is 38.6 Å². The third-order valence-corrected chi connectivity index (χ3v) is 5.84. The average Bonchev–Trinajstić information content (AvgIpc) is 3.32. The van der Waals surface area contributed by atoms with E-state index in [2.05, 4.69) is 10.6 Å². The maximum absolute atomic E-state index is 13.3. The Hall–Kier alpha value is -3.02. The Balaban J connectivity index is 2.12. The van der Waals surface area contributed by atoms with Crippen LogP contribution in [0.15, 0.2) is 30.3 Å². The lowest BCUT2D eigenvalue weighted by molar-refractivity contribution is -0.149. The number of unbranched alkanes of at least 4 members (excludes halogenated alkanes) is 1. The number of hydrogen-bond acceptors (Lipinski definition) is 7. The Kier molecular flexibility index (Phi) is 10.9. The van der Waals surface area contributed by atoms with Gasteiger partial charge in [0.15, 0.2) is 0 Å². The van der Waals surface area contributed by atoms with Gasteiger partial charge in [-0.05, 0) is 37.8 Å². The fourth-order valence-corrected chi connectivity index (χ4v) is 3.92. The maximum Gasteiger partial charge on any atom is 0.326 e. The molecule has 2 rings (SSSR count). The van der Waals surface area contributed by atoms with Crippen molar-refractivity contribution in [2.24, 2.45) is 11.5 Å². The molecule has 34 heavy (non-hydrogen) atoms. The number of rotatable bonds is 13. The molecule has 1 fully saturated rings. The van der Waals surface area contributed by atoms with Crippen molar-refractivity contribution in [2.45, 2.75) is 62.7 Å². The lowest BCUT2D eigenvalue weighted by atomic mass is 10.0.